The van der Waals surface area contributed by atoms with Crippen molar-refractivity contribution in [3.8, 4) is 16.3 Å². The highest BCUT2D eigenvalue weighted by molar-refractivity contribution is 7.13. The number of hydrogen-bond donors (Lipinski definition) is 0. The van der Waals surface area contributed by atoms with Gasteiger partial charge in [0.05, 0.1) is 10.6 Å². The van der Waals surface area contributed by atoms with E-state index < -0.39 is 0 Å². The van der Waals surface area contributed by atoms with Gasteiger partial charge in [0, 0.05) is 26.0 Å². The van der Waals surface area contributed by atoms with E-state index in [1.165, 1.54) is 11.6 Å². The van der Waals surface area contributed by atoms with Gasteiger partial charge in [0.15, 0.2) is 11.2 Å². The third-order valence-electron chi connectivity index (χ3n) is 5.00. The monoisotopic (exact) mass is 391 g/mol. The van der Waals surface area contributed by atoms with Crippen molar-refractivity contribution in [2.24, 2.45) is 14.1 Å². The van der Waals surface area contributed by atoms with Gasteiger partial charge in [-0.05, 0) is 36.1 Å². The number of thiophene rings is 1. The normalized spacial score (nSPS) is 11.7. The van der Waals surface area contributed by atoms with E-state index in [1.54, 1.807) is 22.8 Å². The highest BCUT2D eigenvalue weighted by Gasteiger charge is 2.21. The van der Waals surface area contributed by atoms with E-state index >= 15 is 0 Å². The minimum Gasteiger partial charge on any atom is -0.279 e. The average Bonchev–Trinajstić information content (AvgIpc) is 3.39. The molecular weight excluding hydrogens is 374 g/mol. The summed E-state index contributed by atoms with van der Waals surface area (Å²) in [5, 5.41) is 2.02. The predicted octanol–water partition coefficient (Wildman–Crippen LogP) is 2.71. The summed E-state index contributed by atoms with van der Waals surface area (Å²) in [6.07, 6.45) is 1.92. The molecule has 8 heteroatoms. The van der Waals surface area contributed by atoms with Crippen LogP contribution in [0.4, 0.5) is 0 Å². The van der Waals surface area contributed by atoms with E-state index in [0.29, 0.717) is 16.9 Å². The SMILES string of the molecule is Cc1cccc(-n2c(-c3cccs3)cn3c4c(=O)n(C)c(=O)n(C)c4nc23)c1. The summed E-state index contributed by atoms with van der Waals surface area (Å²) in [5.74, 6) is 0.599. The number of imidazole rings is 2. The number of aromatic nitrogens is 5. The van der Waals surface area contributed by atoms with Gasteiger partial charge < -0.3 is 0 Å². The molecule has 0 aliphatic carbocycles. The molecule has 7 nitrogen and oxygen atoms in total. The van der Waals surface area contributed by atoms with Crippen LogP contribution in [0.2, 0.25) is 0 Å². The highest BCUT2D eigenvalue weighted by atomic mass is 32.1. The lowest BCUT2D eigenvalue weighted by Gasteiger charge is -2.08. The fourth-order valence-electron chi connectivity index (χ4n) is 3.59. The molecule has 0 radical (unpaired) electrons. The van der Waals surface area contributed by atoms with Crippen LogP contribution >= 0.6 is 11.3 Å². The lowest BCUT2D eigenvalue weighted by Crippen LogP contribution is -2.37. The first kappa shape index (κ1) is 16.8. The maximum absolute atomic E-state index is 12.9. The maximum atomic E-state index is 12.9. The second kappa shape index (κ2) is 5.80. The molecule has 5 aromatic rings. The van der Waals surface area contributed by atoms with Crippen LogP contribution in [0, 0.1) is 6.92 Å². The zero-order valence-corrected chi connectivity index (χ0v) is 16.4. The van der Waals surface area contributed by atoms with Gasteiger partial charge >= 0.3 is 5.69 Å². The Kier molecular flexibility index (Phi) is 3.47. The summed E-state index contributed by atoms with van der Waals surface area (Å²) in [7, 11) is 3.12. The van der Waals surface area contributed by atoms with Gasteiger partial charge in [-0.25, -0.2) is 4.79 Å². The molecule has 0 unspecified atom stereocenters. The van der Waals surface area contributed by atoms with Gasteiger partial charge in [0.1, 0.15) is 0 Å². The molecule has 0 aliphatic heterocycles. The van der Waals surface area contributed by atoms with E-state index in [4.69, 9.17) is 4.98 Å². The molecule has 1 aromatic carbocycles. The van der Waals surface area contributed by atoms with Crippen LogP contribution in [0.15, 0.2) is 57.6 Å². The Balaban J connectivity index is 2.00. The van der Waals surface area contributed by atoms with Crippen molar-refractivity contribution in [1.82, 2.24) is 23.1 Å². The number of nitrogens with zero attached hydrogens (tertiary/aromatic N) is 5. The lowest BCUT2D eigenvalue weighted by molar-refractivity contribution is 0.708. The van der Waals surface area contributed by atoms with Crippen LogP contribution in [-0.2, 0) is 14.1 Å². The largest absolute Gasteiger partial charge is 0.332 e. The van der Waals surface area contributed by atoms with E-state index in [-0.39, 0.29) is 11.2 Å². The van der Waals surface area contributed by atoms with Crippen LogP contribution in [0.1, 0.15) is 5.56 Å². The molecule has 140 valence electrons. The number of benzene rings is 1. The Morgan fingerprint density at radius 3 is 2.57 bits per heavy atom. The standard InChI is InChI=1S/C20H17N5O2S/c1-12-6-4-7-13(10-12)25-14(15-8-5-9-28-15)11-24-16-17(21-19(24)25)22(2)20(27)23(3)18(16)26/h4-11H,1-3H3. The van der Waals surface area contributed by atoms with Crippen molar-refractivity contribution >= 4 is 28.3 Å². The van der Waals surface area contributed by atoms with Gasteiger partial charge in [-0.15, -0.1) is 11.3 Å². The third kappa shape index (κ3) is 2.18. The number of hydrogen-bond acceptors (Lipinski definition) is 4. The topological polar surface area (TPSA) is 66.2 Å². The van der Waals surface area contributed by atoms with Gasteiger partial charge in [0.25, 0.3) is 5.56 Å². The molecule has 5 rings (SSSR count). The first-order chi connectivity index (χ1) is 13.5. The quantitative estimate of drug-likeness (QED) is 0.465. The third-order valence-corrected chi connectivity index (χ3v) is 5.89. The van der Waals surface area contributed by atoms with Crippen LogP contribution in [0.5, 0.6) is 0 Å². The molecule has 4 heterocycles. The van der Waals surface area contributed by atoms with Crippen molar-refractivity contribution in [3.63, 3.8) is 0 Å². The van der Waals surface area contributed by atoms with Crippen LogP contribution in [0.3, 0.4) is 0 Å². The summed E-state index contributed by atoms with van der Waals surface area (Å²) in [4.78, 5) is 30.9. The molecular formula is C20H17N5O2S. The number of aryl methyl sites for hydroxylation is 2. The smallest absolute Gasteiger partial charge is 0.279 e. The summed E-state index contributed by atoms with van der Waals surface area (Å²) in [5.41, 5.74) is 3.05. The summed E-state index contributed by atoms with van der Waals surface area (Å²) in [6, 6.07) is 12.2. The first-order valence-corrected chi connectivity index (χ1v) is 9.66. The van der Waals surface area contributed by atoms with E-state index in [0.717, 1.165) is 26.4 Å². The van der Waals surface area contributed by atoms with E-state index in [2.05, 4.69) is 6.07 Å². The molecule has 0 saturated heterocycles. The molecule has 0 N–H and O–H groups in total. The molecule has 0 aliphatic rings. The maximum Gasteiger partial charge on any atom is 0.332 e. The van der Waals surface area contributed by atoms with Crippen LogP contribution in [0.25, 0.3) is 33.2 Å². The van der Waals surface area contributed by atoms with Crippen molar-refractivity contribution < 1.29 is 0 Å². The van der Waals surface area contributed by atoms with E-state index in [9.17, 15) is 9.59 Å². The lowest BCUT2D eigenvalue weighted by atomic mass is 10.2. The molecule has 0 saturated carbocycles. The highest BCUT2D eigenvalue weighted by Crippen LogP contribution is 2.31. The molecule has 28 heavy (non-hydrogen) atoms. The number of rotatable bonds is 2. The summed E-state index contributed by atoms with van der Waals surface area (Å²) < 4.78 is 6.34. The molecule has 0 fully saturated rings. The Morgan fingerprint density at radius 2 is 1.86 bits per heavy atom. The molecule has 0 amide bonds. The van der Waals surface area contributed by atoms with E-state index in [1.807, 2.05) is 53.4 Å². The molecule has 0 atom stereocenters. The van der Waals surface area contributed by atoms with Crippen LogP contribution in [-0.4, -0.2) is 23.1 Å². The van der Waals surface area contributed by atoms with Crippen molar-refractivity contribution in [2.45, 2.75) is 6.92 Å². The number of fused-ring (bicyclic) bond motifs is 3. The Bertz CT molecular complexity index is 1480. The summed E-state index contributed by atoms with van der Waals surface area (Å²) in [6.45, 7) is 2.04. The Hall–Kier alpha value is -3.39. The van der Waals surface area contributed by atoms with Crippen molar-refractivity contribution in [2.75, 3.05) is 0 Å². The fourth-order valence-corrected chi connectivity index (χ4v) is 4.32. The van der Waals surface area contributed by atoms with Gasteiger partial charge in [-0.2, -0.15) is 4.98 Å². The van der Waals surface area contributed by atoms with Crippen molar-refractivity contribution in [3.05, 3.63) is 74.4 Å². The minimum absolute atomic E-state index is 0.357. The Labute approximate surface area is 163 Å². The first-order valence-electron chi connectivity index (χ1n) is 8.78. The predicted molar refractivity (Wildman–Crippen MR) is 111 cm³/mol. The molecule has 0 spiro atoms. The second-order valence-electron chi connectivity index (χ2n) is 6.83. The van der Waals surface area contributed by atoms with Crippen LogP contribution < -0.4 is 11.2 Å². The zero-order valence-electron chi connectivity index (χ0n) is 15.6. The summed E-state index contributed by atoms with van der Waals surface area (Å²) >= 11 is 1.63. The fraction of sp³-hybridized carbons (Fsp3) is 0.150. The minimum atomic E-state index is -0.390. The van der Waals surface area contributed by atoms with Gasteiger partial charge in [-0.3, -0.25) is 22.9 Å². The van der Waals surface area contributed by atoms with Crippen molar-refractivity contribution in [1.29, 1.82) is 0 Å². The average molecular weight is 391 g/mol. The zero-order chi connectivity index (χ0) is 19.6. The van der Waals surface area contributed by atoms with Gasteiger partial charge in [-0.1, -0.05) is 18.2 Å². The molecule has 4 aromatic heterocycles. The molecule has 0 bridgehead atoms. The Morgan fingerprint density at radius 1 is 1.04 bits per heavy atom. The van der Waals surface area contributed by atoms with Gasteiger partial charge in [0.2, 0.25) is 5.78 Å². The second-order valence-corrected chi connectivity index (χ2v) is 7.77.